The Morgan fingerprint density at radius 2 is 1.58 bits per heavy atom. The lowest BCUT2D eigenvalue weighted by atomic mass is 9.85. The van der Waals surface area contributed by atoms with Crippen LogP contribution in [0.25, 0.3) is 0 Å². The van der Waals surface area contributed by atoms with Crippen molar-refractivity contribution in [3.8, 4) is 0 Å². The molecule has 1 spiro atoms. The quantitative estimate of drug-likeness (QED) is 0.524. The van der Waals surface area contributed by atoms with E-state index < -0.39 is 11.4 Å². The molecular weight excluding hydrogens is 483 g/mol. The Labute approximate surface area is 221 Å². The summed E-state index contributed by atoms with van der Waals surface area (Å²) in [4.78, 5) is 45.0. The van der Waals surface area contributed by atoms with Gasteiger partial charge in [0.1, 0.15) is 17.9 Å². The number of hydrogen-bond donors (Lipinski definition) is 1. The summed E-state index contributed by atoms with van der Waals surface area (Å²) in [5, 5.41) is 2.93. The Bertz CT molecular complexity index is 1290. The van der Waals surface area contributed by atoms with Gasteiger partial charge in [-0.15, -0.1) is 0 Å². The van der Waals surface area contributed by atoms with Gasteiger partial charge in [-0.3, -0.25) is 14.4 Å². The number of benzene rings is 3. The summed E-state index contributed by atoms with van der Waals surface area (Å²) in [6.07, 6.45) is 1.57. The van der Waals surface area contributed by atoms with Crippen molar-refractivity contribution in [2.24, 2.45) is 0 Å². The van der Waals surface area contributed by atoms with Crippen molar-refractivity contribution in [1.29, 1.82) is 0 Å². The fourth-order valence-corrected chi connectivity index (χ4v) is 5.43. The van der Waals surface area contributed by atoms with E-state index in [0.29, 0.717) is 44.7 Å². The van der Waals surface area contributed by atoms with Crippen LogP contribution in [0.2, 0.25) is 0 Å². The summed E-state index contributed by atoms with van der Waals surface area (Å²) in [6.45, 7) is 1.50. The van der Waals surface area contributed by atoms with Gasteiger partial charge in [-0.05, 0) is 55.2 Å². The van der Waals surface area contributed by atoms with Crippen LogP contribution in [0.5, 0.6) is 0 Å². The molecule has 3 aromatic carbocycles. The van der Waals surface area contributed by atoms with Crippen molar-refractivity contribution < 1.29 is 18.8 Å². The first kappa shape index (κ1) is 25.4. The third-order valence-electron chi connectivity index (χ3n) is 7.44. The second-order valence-electron chi connectivity index (χ2n) is 9.83. The number of amides is 3. The summed E-state index contributed by atoms with van der Waals surface area (Å²) < 4.78 is 13.7. The molecule has 5 rings (SSSR count). The molecule has 0 saturated carbocycles. The molecular formula is C30H31FN4O3. The van der Waals surface area contributed by atoms with E-state index in [9.17, 15) is 18.8 Å². The molecule has 0 unspecified atom stereocenters. The predicted molar refractivity (Wildman–Crippen MR) is 143 cm³/mol. The maximum atomic E-state index is 13.8. The molecule has 0 aromatic heterocycles. The van der Waals surface area contributed by atoms with E-state index in [2.05, 4.69) is 10.2 Å². The third-order valence-corrected chi connectivity index (χ3v) is 7.44. The zero-order chi connectivity index (χ0) is 26.5. The van der Waals surface area contributed by atoms with Gasteiger partial charge >= 0.3 is 0 Å². The fourth-order valence-electron chi connectivity index (χ4n) is 5.43. The van der Waals surface area contributed by atoms with Gasteiger partial charge in [0.15, 0.2) is 0 Å². The minimum absolute atomic E-state index is 0.0232. The second-order valence-corrected chi connectivity index (χ2v) is 9.83. The zero-order valence-electron chi connectivity index (χ0n) is 21.2. The standard InChI is InChI=1S/C30H31FN4O3/c31-25-11-7-10-24(20-25)28(37)33-18-15-30(16-19-33)29(38)34(22-35(30)26-12-5-2-6-13-26)21-27(36)32-17-14-23-8-3-1-4-9-23/h1-13,20H,14-19,21-22H2,(H,32,36). The summed E-state index contributed by atoms with van der Waals surface area (Å²) in [5.74, 6) is -0.996. The Morgan fingerprint density at radius 3 is 2.26 bits per heavy atom. The molecule has 2 aliphatic heterocycles. The van der Waals surface area contributed by atoms with E-state index >= 15 is 0 Å². The number of carbonyl (C=O) groups is 3. The number of carbonyl (C=O) groups excluding carboxylic acids is 3. The van der Waals surface area contributed by atoms with E-state index in [1.807, 2.05) is 60.7 Å². The first-order valence-corrected chi connectivity index (χ1v) is 12.9. The van der Waals surface area contributed by atoms with Gasteiger partial charge in [0.25, 0.3) is 11.8 Å². The maximum Gasteiger partial charge on any atom is 0.253 e. The molecule has 7 nitrogen and oxygen atoms in total. The monoisotopic (exact) mass is 514 g/mol. The van der Waals surface area contributed by atoms with Crippen LogP contribution >= 0.6 is 0 Å². The number of nitrogens with zero attached hydrogens (tertiary/aromatic N) is 3. The van der Waals surface area contributed by atoms with Gasteiger partial charge in [0.2, 0.25) is 5.91 Å². The molecule has 3 amide bonds. The summed E-state index contributed by atoms with van der Waals surface area (Å²) in [7, 11) is 0. The van der Waals surface area contributed by atoms with Crippen LogP contribution < -0.4 is 10.2 Å². The van der Waals surface area contributed by atoms with Crippen molar-refractivity contribution in [2.45, 2.75) is 24.8 Å². The second kappa shape index (κ2) is 11.0. The molecule has 2 fully saturated rings. The lowest BCUT2D eigenvalue weighted by Gasteiger charge is -2.43. The molecule has 2 heterocycles. The van der Waals surface area contributed by atoms with Gasteiger partial charge in [0.05, 0.1) is 6.67 Å². The van der Waals surface area contributed by atoms with Crippen molar-refractivity contribution in [1.82, 2.24) is 15.1 Å². The first-order chi connectivity index (χ1) is 18.5. The number of anilines is 1. The average Bonchev–Trinajstić information content (AvgIpc) is 3.20. The Kier molecular flexibility index (Phi) is 7.40. The molecule has 0 radical (unpaired) electrons. The van der Waals surface area contributed by atoms with Crippen molar-refractivity contribution >= 4 is 23.4 Å². The maximum absolute atomic E-state index is 13.8. The SMILES string of the molecule is O=C(CN1CN(c2ccccc2)C2(CCN(C(=O)c3cccc(F)c3)CC2)C1=O)NCCc1ccccc1. The number of piperidine rings is 1. The van der Waals surface area contributed by atoms with E-state index in [1.54, 1.807) is 15.9 Å². The van der Waals surface area contributed by atoms with Crippen molar-refractivity contribution in [2.75, 3.05) is 37.7 Å². The molecule has 0 atom stereocenters. The number of para-hydroxylation sites is 1. The van der Waals surface area contributed by atoms with Crippen LogP contribution in [0.4, 0.5) is 10.1 Å². The van der Waals surface area contributed by atoms with E-state index in [0.717, 1.165) is 17.7 Å². The normalized spacial score (nSPS) is 16.7. The van der Waals surface area contributed by atoms with Gasteiger partial charge in [-0.25, -0.2) is 4.39 Å². The molecule has 2 aliphatic rings. The number of nitrogens with one attached hydrogen (secondary N) is 1. The molecule has 3 aromatic rings. The molecule has 1 N–H and O–H groups in total. The minimum atomic E-state index is -0.843. The van der Waals surface area contributed by atoms with Gasteiger partial charge in [-0.1, -0.05) is 54.6 Å². The van der Waals surface area contributed by atoms with Gasteiger partial charge < -0.3 is 20.0 Å². The predicted octanol–water partition coefficient (Wildman–Crippen LogP) is 3.47. The Balaban J connectivity index is 1.27. The smallest absolute Gasteiger partial charge is 0.253 e. The molecule has 196 valence electrons. The number of likely N-dealkylation sites (tertiary alicyclic amines) is 1. The molecule has 2 saturated heterocycles. The lowest BCUT2D eigenvalue weighted by molar-refractivity contribution is -0.137. The van der Waals surface area contributed by atoms with Crippen LogP contribution in [-0.2, 0) is 16.0 Å². The van der Waals surface area contributed by atoms with Crippen molar-refractivity contribution in [3.05, 3.63) is 102 Å². The van der Waals surface area contributed by atoms with Gasteiger partial charge in [-0.2, -0.15) is 0 Å². The largest absolute Gasteiger partial charge is 0.354 e. The third kappa shape index (κ3) is 5.25. The van der Waals surface area contributed by atoms with Crippen LogP contribution in [0.1, 0.15) is 28.8 Å². The van der Waals surface area contributed by atoms with E-state index in [-0.39, 0.29) is 24.3 Å². The molecule has 38 heavy (non-hydrogen) atoms. The van der Waals surface area contributed by atoms with Crippen LogP contribution in [0.15, 0.2) is 84.9 Å². The first-order valence-electron chi connectivity index (χ1n) is 12.9. The van der Waals surface area contributed by atoms with Crippen LogP contribution in [0.3, 0.4) is 0 Å². The van der Waals surface area contributed by atoms with Crippen LogP contribution in [0, 0.1) is 5.82 Å². The fraction of sp³-hybridized carbons (Fsp3) is 0.300. The number of halogens is 1. The van der Waals surface area contributed by atoms with Crippen LogP contribution in [-0.4, -0.2) is 65.9 Å². The summed E-state index contributed by atoms with van der Waals surface area (Å²) in [6, 6.07) is 25.3. The van der Waals surface area contributed by atoms with Crippen molar-refractivity contribution in [3.63, 3.8) is 0 Å². The Morgan fingerprint density at radius 1 is 0.895 bits per heavy atom. The Hall–Kier alpha value is -4.20. The molecule has 0 bridgehead atoms. The number of rotatable bonds is 7. The number of hydrogen-bond acceptors (Lipinski definition) is 4. The van der Waals surface area contributed by atoms with E-state index in [4.69, 9.17) is 0 Å². The average molecular weight is 515 g/mol. The highest BCUT2D eigenvalue weighted by Crippen LogP contribution is 2.39. The summed E-state index contributed by atoms with van der Waals surface area (Å²) >= 11 is 0. The van der Waals surface area contributed by atoms with Gasteiger partial charge in [0, 0.05) is 30.9 Å². The highest BCUT2D eigenvalue weighted by molar-refractivity contribution is 5.97. The molecule has 8 heteroatoms. The van der Waals surface area contributed by atoms with E-state index in [1.165, 1.54) is 18.2 Å². The topological polar surface area (TPSA) is 73.0 Å². The highest BCUT2D eigenvalue weighted by Gasteiger charge is 2.54. The zero-order valence-corrected chi connectivity index (χ0v) is 21.2. The summed E-state index contributed by atoms with van der Waals surface area (Å²) in [5.41, 5.74) is 1.49. The minimum Gasteiger partial charge on any atom is -0.354 e. The lowest BCUT2D eigenvalue weighted by Crippen LogP contribution is -2.57. The molecule has 0 aliphatic carbocycles. The highest BCUT2D eigenvalue weighted by atomic mass is 19.1.